The summed E-state index contributed by atoms with van der Waals surface area (Å²) in [5.41, 5.74) is 4.01. The minimum Gasteiger partial charge on any atom is -0.490 e. The molecule has 1 aliphatic heterocycles. The Morgan fingerprint density at radius 1 is 1.22 bits per heavy atom. The van der Waals surface area contributed by atoms with Crippen LogP contribution in [-0.2, 0) is 13.0 Å². The fourth-order valence-electron chi connectivity index (χ4n) is 3.15. The van der Waals surface area contributed by atoms with Crippen molar-refractivity contribution in [2.24, 2.45) is 0 Å². The summed E-state index contributed by atoms with van der Waals surface area (Å²) in [4.78, 5) is 24.7. The van der Waals surface area contributed by atoms with Crippen molar-refractivity contribution in [2.75, 3.05) is 11.9 Å². The topological polar surface area (TPSA) is 67.4 Å². The van der Waals surface area contributed by atoms with Crippen LogP contribution in [0, 0.1) is 0 Å². The minimum absolute atomic E-state index is 0.0516. The average Bonchev–Trinajstić information content (AvgIpc) is 2.61. The molecule has 0 unspecified atom stereocenters. The van der Waals surface area contributed by atoms with E-state index in [4.69, 9.17) is 4.74 Å². The highest BCUT2D eigenvalue weighted by molar-refractivity contribution is 9.10. The van der Waals surface area contributed by atoms with E-state index in [1.165, 1.54) is 18.1 Å². The second-order valence-corrected chi connectivity index (χ2v) is 7.76. The SMILES string of the molecule is CC(=O)c1cc(C(=O)Nc2cc(Br)c3c(c2)CNCC3)ccc1OC(C)C. The van der Waals surface area contributed by atoms with E-state index in [1.54, 1.807) is 18.2 Å². The number of amides is 1. The Bertz CT molecular complexity index is 893. The maximum absolute atomic E-state index is 12.7. The lowest BCUT2D eigenvalue weighted by Gasteiger charge is -2.20. The van der Waals surface area contributed by atoms with Crippen LogP contribution in [0.25, 0.3) is 0 Å². The number of ether oxygens (including phenoxy) is 1. The second-order valence-electron chi connectivity index (χ2n) is 6.91. The molecule has 0 radical (unpaired) electrons. The number of rotatable bonds is 5. The highest BCUT2D eigenvalue weighted by Crippen LogP contribution is 2.29. The predicted molar refractivity (Wildman–Crippen MR) is 110 cm³/mol. The van der Waals surface area contributed by atoms with E-state index in [1.807, 2.05) is 26.0 Å². The molecule has 3 rings (SSSR count). The zero-order chi connectivity index (χ0) is 19.6. The van der Waals surface area contributed by atoms with E-state index in [-0.39, 0.29) is 17.8 Å². The lowest BCUT2D eigenvalue weighted by molar-refractivity contribution is 0.101. The summed E-state index contributed by atoms with van der Waals surface area (Å²) in [5, 5.41) is 6.26. The fraction of sp³-hybridized carbons (Fsp3) is 0.333. The molecule has 1 aliphatic rings. The Morgan fingerprint density at radius 3 is 2.70 bits per heavy atom. The lowest BCUT2D eigenvalue weighted by atomic mass is 10.0. The van der Waals surface area contributed by atoms with Crippen molar-refractivity contribution >= 4 is 33.3 Å². The van der Waals surface area contributed by atoms with Crippen LogP contribution in [0.1, 0.15) is 52.6 Å². The normalized spacial score (nSPS) is 13.2. The van der Waals surface area contributed by atoms with Crippen molar-refractivity contribution in [1.82, 2.24) is 5.32 Å². The minimum atomic E-state index is -0.260. The Hall–Kier alpha value is -2.18. The number of anilines is 1. The van der Waals surface area contributed by atoms with Crippen molar-refractivity contribution in [3.05, 3.63) is 57.1 Å². The van der Waals surface area contributed by atoms with Crippen molar-refractivity contribution in [1.29, 1.82) is 0 Å². The van der Waals surface area contributed by atoms with Crippen LogP contribution in [0.3, 0.4) is 0 Å². The Labute approximate surface area is 167 Å². The molecule has 2 N–H and O–H groups in total. The van der Waals surface area contributed by atoms with Gasteiger partial charge in [-0.3, -0.25) is 9.59 Å². The Kier molecular flexibility index (Phi) is 5.97. The molecule has 0 saturated carbocycles. The summed E-state index contributed by atoms with van der Waals surface area (Å²) in [7, 11) is 0. The highest BCUT2D eigenvalue weighted by Gasteiger charge is 2.17. The van der Waals surface area contributed by atoms with E-state index >= 15 is 0 Å². The molecule has 5 nitrogen and oxygen atoms in total. The zero-order valence-corrected chi connectivity index (χ0v) is 17.3. The van der Waals surface area contributed by atoms with Crippen molar-refractivity contribution < 1.29 is 14.3 Å². The van der Waals surface area contributed by atoms with Gasteiger partial charge in [0.05, 0.1) is 11.7 Å². The van der Waals surface area contributed by atoms with Gasteiger partial charge in [-0.1, -0.05) is 15.9 Å². The molecule has 2 aromatic carbocycles. The van der Waals surface area contributed by atoms with Gasteiger partial charge in [0, 0.05) is 22.3 Å². The second kappa shape index (κ2) is 8.23. The number of carbonyl (C=O) groups is 2. The molecule has 27 heavy (non-hydrogen) atoms. The number of carbonyl (C=O) groups excluding carboxylic acids is 2. The molecular formula is C21H23BrN2O3. The van der Waals surface area contributed by atoms with E-state index in [2.05, 4.69) is 26.6 Å². The van der Waals surface area contributed by atoms with Crippen molar-refractivity contribution in [3.8, 4) is 5.75 Å². The quantitative estimate of drug-likeness (QED) is 0.692. The molecule has 0 bridgehead atoms. The molecule has 0 aromatic heterocycles. The molecule has 6 heteroatoms. The first kappa shape index (κ1) is 19.6. The summed E-state index contributed by atoms with van der Waals surface area (Å²) >= 11 is 3.60. The lowest BCUT2D eigenvalue weighted by Crippen LogP contribution is -2.24. The molecule has 1 heterocycles. The van der Waals surface area contributed by atoms with Crippen LogP contribution in [0.5, 0.6) is 5.75 Å². The summed E-state index contributed by atoms with van der Waals surface area (Å²) < 4.78 is 6.67. The molecule has 0 aliphatic carbocycles. The standard InChI is InChI=1S/C21H23BrN2O3/c1-12(2)27-20-5-4-14(9-18(20)13(3)25)21(26)24-16-8-15-11-23-7-6-17(15)19(22)10-16/h4-5,8-10,12,23H,6-7,11H2,1-3H3,(H,24,26). The molecule has 142 valence electrons. The summed E-state index contributed by atoms with van der Waals surface area (Å²) in [6.07, 6.45) is 0.910. The van der Waals surface area contributed by atoms with Gasteiger partial charge >= 0.3 is 0 Å². The van der Waals surface area contributed by atoms with E-state index in [0.29, 0.717) is 16.9 Å². The first-order valence-electron chi connectivity index (χ1n) is 9.00. The number of hydrogen-bond donors (Lipinski definition) is 2. The van der Waals surface area contributed by atoms with Gasteiger partial charge in [-0.15, -0.1) is 0 Å². The van der Waals surface area contributed by atoms with Gasteiger partial charge in [0.2, 0.25) is 0 Å². The number of Topliss-reactive ketones (excluding diaryl/α,β-unsaturated/α-hetero) is 1. The third-order valence-corrected chi connectivity index (χ3v) is 5.10. The van der Waals surface area contributed by atoms with Gasteiger partial charge in [0.25, 0.3) is 5.91 Å². The average molecular weight is 431 g/mol. The number of nitrogens with one attached hydrogen (secondary N) is 2. The van der Waals surface area contributed by atoms with Gasteiger partial charge in [-0.25, -0.2) is 0 Å². The molecule has 0 atom stereocenters. The number of benzene rings is 2. The molecule has 1 amide bonds. The van der Waals surface area contributed by atoms with Crippen LogP contribution in [0.4, 0.5) is 5.69 Å². The van der Waals surface area contributed by atoms with Gasteiger partial charge in [0.15, 0.2) is 5.78 Å². The molecule has 0 spiro atoms. The monoisotopic (exact) mass is 430 g/mol. The molecular weight excluding hydrogens is 408 g/mol. The highest BCUT2D eigenvalue weighted by atomic mass is 79.9. The zero-order valence-electron chi connectivity index (χ0n) is 15.7. The molecule has 0 fully saturated rings. The van der Waals surface area contributed by atoms with Crippen molar-refractivity contribution in [3.63, 3.8) is 0 Å². The Balaban J connectivity index is 1.85. The number of halogens is 1. The van der Waals surface area contributed by atoms with E-state index in [9.17, 15) is 9.59 Å². The van der Waals surface area contributed by atoms with Gasteiger partial charge in [0.1, 0.15) is 5.75 Å². The Morgan fingerprint density at radius 2 is 2.00 bits per heavy atom. The van der Waals surface area contributed by atoms with Gasteiger partial charge in [-0.05, 0) is 75.2 Å². The smallest absolute Gasteiger partial charge is 0.255 e. The van der Waals surface area contributed by atoms with Gasteiger partial charge < -0.3 is 15.4 Å². The molecule has 2 aromatic rings. The van der Waals surface area contributed by atoms with Gasteiger partial charge in [-0.2, -0.15) is 0 Å². The molecule has 0 saturated heterocycles. The first-order valence-corrected chi connectivity index (χ1v) is 9.79. The summed E-state index contributed by atoms with van der Waals surface area (Å²) in [6, 6.07) is 8.85. The van der Waals surface area contributed by atoms with E-state index < -0.39 is 0 Å². The maximum atomic E-state index is 12.7. The number of hydrogen-bond acceptors (Lipinski definition) is 4. The predicted octanol–water partition coefficient (Wildman–Crippen LogP) is 4.34. The summed E-state index contributed by atoms with van der Waals surface area (Å²) in [5.74, 6) is 0.101. The first-order chi connectivity index (χ1) is 12.8. The van der Waals surface area contributed by atoms with Crippen molar-refractivity contribution in [2.45, 2.75) is 39.8 Å². The van der Waals surface area contributed by atoms with Crippen LogP contribution < -0.4 is 15.4 Å². The third kappa shape index (κ3) is 4.57. The third-order valence-electron chi connectivity index (χ3n) is 4.40. The van der Waals surface area contributed by atoms with Crippen LogP contribution in [0.2, 0.25) is 0 Å². The largest absolute Gasteiger partial charge is 0.490 e. The maximum Gasteiger partial charge on any atom is 0.255 e. The number of ketones is 1. The number of fused-ring (bicyclic) bond motifs is 1. The van der Waals surface area contributed by atoms with Crippen LogP contribution in [-0.4, -0.2) is 24.3 Å². The van der Waals surface area contributed by atoms with E-state index in [0.717, 1.165) is 29.7 Å². The summed E-state index contributed by atoms with van der Waals surface area (Å²) in [6.45, 7) is 7.00. The fourth-order valence-corrected chi connectivity index (χ4v) is 3.85. The van der Waals surface area contributed by atoms with Crippen LogP contribution >= 0.6 is 15.9 Å². The van der Waals surface area contributed by atoms with Crippen LogP contribution in [0.15, 0.2) is 34.8 Å².